The molecule has 19 heavy (non-hydrogen) atoms. The molecule has 1 saturated heterocycles. The zero-order chi connectivity index (χ0) is 13.8. The normalized spacial score (nSPS) is 21.2. The summed E-state index contributed by atoms with van der Waals surface area (Å²) in [4.78, 5) is 25.3. The van der Waals surface area contributed by atoms with Crippen molar-refractivity contribution in [3.63, 3.8) is 0 Å². The molecule has 2 heterocycles. The molecular formula is C12H19N5O2. The number of likely N-dealkylation sites (tertiary alicyclic amines) is 1. The maximum Gasteiger partial charge on any atom is 0.247 e. The minimum atomic E-state index is -0.398. The second-order valence-corrected chi connectivity index (χ2v) is 4.74. The van der Waals surface area contributed by atoms with Crippen LogP contribution >= 0.6 is 0 Å². The number of carbonyl (C=O) groups excluding carboxylic acids is 2. The lowest BCUT2D eigenvalue weighted by atomic mass is 10.2. The third kappa shape index (κ3) is 2.98. The Morgan fingerprint density at radius 1 is 1.53 bits per heavy atom. The number of imide groups is 1. The minimum absolute atomic E-state index is 0.0258. The molecule has 7 heteroatoms. The van der Waals surface area contributed by atoms with Gasteiger partial charge >= 0.3 is 0 Å². The number of hydrogen-bond donors (Lipinski definition) is 1. The van der Waals surface area contributed by atoms with E-state index in [9.17, 15) is 9.59 Å². The highest BCUT2D eigenvalue weighted by Gasteiger charge is 2.40. The second kappa shape index (κ2) is 5.92. The van der Waals surface area contributed by atoms with Gasteiger partial charge in [0.05, 0.1) is 25.2 Å². The van der Waals surface area contributed by atoms with Gasteiger partial charge in [0.25, 0.3) is 0 Å². The lowest BCUT2D eigenvalue weighted by Crippen LogP contribution is -2.43. The van der Waals surface area contributed by atoms with Crippen molar-refractivity contribution in [2.75, 3.05) is 6.54 Å². The van der Waals surface area contributed by atoms with Crippen molar-refractivity contribution in [3.05, 3.63) is 12.4 Å². The third-order valence-electron chi connectivity index (χ3n) is 3.42. The van der Waals surface area contributed by atoms with Gasteiger partial charge < -0.3 is 5.32 Å². The van der Waals surface area contributed by atoms with Gasteiger partial charge in [-0.15, -0.1) is 5.10 Å². The summed E-state index contributed by atoms with van der Waals surface area (Å²) in [5.41, 5.74) is 0. The van der Waals surface area contributed by atoms with Gasteiger partial charge in [-0.2, -0.15) is 0 Å². The van der Waals surface area contributed by atoms with Gasteiger partial charge in [0.15, 0.2) is 0 Å². The van der Waals surface area contributed by atoms with Crippen LogP contribution in [0.4, 0.5) is 0 Å². The Balaban J connectivity index is 1.85. The zero-order valence-corrected chi connectivity index (χ0v) is 11.2. The molecule has 2 rings (SSSR count). The van der Waals surface area contributed by atoms with Crippen molar-refractivity contribution in [2.45, 2.75) is 45.3 Å². The van der Waals surface area contributed by atoms with Crippen LogP contribution in [0.1, 0.15) is 26.7 Å². The minimum Gasteiger partial charge on any atom is -0.304 e. The number of aromatic nitrogens is 3. The molecule has 1 aliphatic heterocycles. The number of carbonyl (C=O) groups is 2. The largest absolute Gasteiger partial charge is 0.304 e. The molecule has 0 bridgehead atoms. The predicted octanol–water partition coefficient (Wildman–Crippen LogP) is -0.206. The number of hydrogen-bond acceptors (Lipinski definition) is 5. The van der Waals surface area contributed by atoms with Crippen LogP contribution in [0.3, 0.4) is 0 Å². The smallest absolute Gasteiger partial charge is 0.247 e. The number of nitrogens with one attached hydrogen (secondary N) is 1. The Kier molecular flexibility index (Phi) is 4.26. The van der Waals surface area contributed by atoms with E-state index in [1.165, 1.54) is 4.90 Å². The number of amides is 2. The molecule has 2 unspecified atom stereocenters. The molecule has 1 aliphatic rings. The molecule has 1 N–H and O–H groups in total. The molecule has 0 aliphatic carbocycles. The number of nitrogens with zero attached hydrogens (tertiary/aromatic N) is 4. The molecule has 7 nitrogen and oxygen atoms in total. The SMILES string of the molecule is CCC(C)N1C(=O)CC(NCCn2ccnn2)C1=O. The summed E-state index contributed by atoms with van der Waals surface area (Å²) in [6.07, 6.45) is 4.40. The summed E-state index contributed by atoms with van der Waals surface area (Å²) >= 11 is 0. The molecule has 0 aromatic carbocycles. The highest BCUT2D eigenvalue weighted by atomic mass is 16.2. The van der Waals surface area contributed by atoms with Crippen molar-refractivity contribution >= 4 is 11.8 Å². The standard InChI is InChI=1S/C12H19N5O2/c1-3-9(2)17-11(18)8-10(12(17)19)13-4-6-16-7-5-14-15-16/h5,7,9-10,13H,3-4,6,8H2,1-2H3. The van der Waals surface area contributed by atoms with Crippen molar-refractivity contribution < 1.29 is 9.59 Å². The van der Waals surface area contributed by atoms with Crippen LogP contribution in [0.15, 0.2) is 12.4 Å². The Bertz CT molecular complexity index is 445. The van der Waals surface area contributed by atoms with E-state index in [0.717, 1.165) is 6.42 Å². The number of rotatable bonds is 6. The van der Waals surface area contributed by atoms with Crippen LogP contribution in [0.25, 0.3) is 0 Å². The first-order chi connectivity index (χ1) is 9.13. The molecule has 1 aromatic rings. The maximum absolute atomic E-state index is 12.1. The molecule has 0 spiro atoms. The molecule has 2 amide bonds. The van der Waals surface area contributed by atoms with E-state index in [0.29, 0.717) is 13.1 Å². The Labute approximate surface area is 112 Å². The van der Waals surface area contributed by atoms with E-state index in [-0.39, 0.29) is 24.3 Å². The fraction of sp³-hybridized carbons (Fsp3) is 0.667. The van der Waals surface area contributed by atoms with Crippen LogP contribution in [-0.4, -0.2) is 50.3 Å². The molecule has 0 saturated carbocycles. The summed E-state index contributed by atoms with van der Waals surface area (Å²) in [5, 5.41) is 10.6. The Hall–Kier alpha value is -1.76. The van der Waals surface area contributed by atoms with Gasteiger partial charge in [-0.25, -0.2) is 0 Å². The van der Waals surface area contributed by atoms with E-state index >= 15 is 0 Å². The van der Waals surface area contributed by atoms with Gasteiger partial charge in [0, 0.05) is 18.8 Å². The topological polar surface area (TPSA) is 80.1 Å². The predicted molar refractivity (Wildman–Crippen MR) is 68.0 cm³/mol. The van der Waals surface area contributed by atoms with Crippen molar-refractivity contribution in [2.24, 2.45) is 0 Å². The first-order valence-corrected chi connectivity index (χ1v) is 6.57. The zero-order valence-electron chi connectivity index (χ0n) is 11.2. The van der Waals surface area contributed by atoms with Crippen molar-refractivity contribution in [1.29, 1.82) is 0 Å². The fourth-order valence-corrected chi connectivity index (χ4v) is 2.16. The average molecular weight is 265 g/mol. The van der Waals surface area contributed by atoms with E-state index < -0.39 is 6.04 Å². The van der Waals surface area contributed by atoms with Gasteiger partial charge in [0.1, 0.15) is 0 Å². The van der Waals surface area contributed by atoms with Gasteiger partial charge in [-0.1, -0.05) is 12.1 Å². The van der Waals surface area contributed by atoms with Crippen LogP contribution in [0.5, 0.6) is 0 Å². The first-order valence-electron chi connectivity index (χ1n) is 6.57. The van der Waals surface area contributed by atoms with Crippen LogP contribution in [0.2, 0.25) is 0 Å². The molecule has 1 fully saturated rings. The van der Waals surface area contributed by atoms with Gasteiger partial charge in [-0.05, 0) is 13.3 Å². The second-order valence-electron chi connectivity index (χ2n) is 4.74. The van der Waals surface area contributed by atoms with Crippen LogP contribution in [0, 0.1) is 0 Å². The quantitative estimate of drug-likeness (QED) is 0.720. The van der Waals surface area contributed by atoms with Gasteiger partial charge in [-0.3, -0.25) is 19.2 Å². The van der Waals surface area contributed by atoms with Gasteiger partial charge in [0.2, 0.25) is 11.8 Å². The maximum atomic E-state index is 12.1. The van der Waals surface area contributed by atoms with Crippen molar-refractivity contribution in [1.82, 2.24) is 25.2 Å². The highest BCUT2D eigenvalue weighted by Crippen LogP contribution is 2.17. The van der Waals surface area contributed by atoms with E-state index in [2.05, 4.69) is 15.6 Å². The Morgan fingerprint density at radius 3 is 2.95 bits per heavy atom. The summed E-state index contributed by atoms with van der Waals surface area (Å²) in [5.74, 6) is -0.199. The monoisotopic (exact) mass is 265 g/mol. The highest BCUT2D eigenvalue weighted by molar-refractivity contribution is 6.05. The first kappa shape index (κ1) is 13.7. The lowest BCUT2D eigenvalue weighted by molar-refractivity contribution is -0.141. The fourth-order valence-electron chi connectivity index (χ4n) is 2.16. The third-order valence-corrected chi connectivity index (χ3v) is 3.42. The van der Waals surface area contributed by atoms with E-state index in [1.54, 1.807) is 17.1 Å². The summed E-state index contributed by atoms with van der Waals surface area (Å²) < 4.78 is 1.68. The molecular weight excluding hydrogens is 246 g/mol. The van der Waals surface area contributed by atoms with E-state index in [4.69, 9.17) is 0 Å². The Morgan fingerprint density at radius 2 is 2.32 bits per heavy atom. The molecule has 2 atom stereocenters. The summed E-state index contributed by atoms with van der Waals surface area (Å²) in [6.45, 7) is 5.08. The lowest BCUT2D eigenvalue weighted by Gasteiger charge is -2.21. The summed E-state index contributed by atoms with van der Waals surface area (Å²) in [6, 6.07) is -0.424. The summed E-state index contributed by atoms with van der Waals surface area (Å²) in [7, 11) is 0. The molecule has 104 valence electrons. The van der Waals surface area contributed by atoms with Crippen molar-refractivity contribution in [3.8, 4) is 0 Å². The van der Waals surface area contributed by atoms with Crippen LogP contribution < -0.4 is 5.32 Å². The van der Waals surface area contributed by atoms with Crippen LogP contribution in [-0.2, 0) is 16.1 Å². The molecule has 0 radical (unpaired) electrons. The molecule has 1 aromatic heterocycles. The average Bonchev–Trinajstić information content (AvgIpc) is 2.98. The van der Waals surface area contributed by atoms with E-state index in [1.807, 2.05) is 13.8 Å².